The Morgan fingerprint density at radius 3 is 2.55 bits per heavy atom. The zero-order valence-electron chi connectivity index (χ0n) is 13.7. The third-order valence-corrected chi connectivity index (χ3v) is 3.78. The first-order valence-corrected chi connectivity index (χ1v) is 8.24. The van der Waals surface area contributed by atoms with E-state index in [0.717, 1.165) is 45.4 Å². The molecule has 4 heteroatoms. The van der Waals surface area contributed by atoms with Gasteiger partial charge in [-0.1, -0.05) is 34.1 Å². The lowest BCUT2D eigenvalue weighted by atomic mass is 10.1. The van der Waals surface area contributed by atoms with Crippen molar-refractivity contribution in [3.63, 3.8) is 0 Å². The Morgan fingerprint density at radius 2 is 1.95 bits per heavy atom. The molecule has 0 bridgehead atoms. The normalized spacial score (nSPS) is 23.1. The molecular formula is C16H32N2O2. The third kappa shape index (κ3) is 5.41. The average Bonchev–Trinajstić information content (AvgIpc) is 2.69. The summed E-state index contributed by atoms with van der Waals surface area (Å²) in [6.45, 7) is 11.1. The van der Waals surface area contributed by atoms with Crippen molar-refractivity contribution in [3.05, 3.63) is 0 Å². The molecule has 1 fully saturated rings. The molecule has 0 saturated carbocycles. The van der Waals surface area contributed by atoms with Crippen LogP contribution in [0.3, 0.4) is 0 Å². The standard InChI is InChI=1S/C16H32N2O2/c1-5-7-10-20-11-8-9-18-15(12-13(3)4)17-14(6-2)16(18)19/h13-15,17H,5-12H2,1-4H3. The lowest BCUT2D eigenvalue weighted by Crippen LogP contribution is -2.39. The molecule has 2 atom stereocenters. The maximum Gasteiger partial charge on any atom is 0.241 e. The SMILES string of the molecule is CCCCOCCCN1C(=O)C(CC)NC1CC(C)C. The van der Waals surface area contributed by atoms with Gasteiger partial charge in [0.1, 0.15) is 0 Å². The molecule has 2 unspecified atom stereocenters. The molecule has 0 aromatic heterocycles. The van der Waals surface area contributed by atoms with E-state index in [1.165, 1.54) is 6.42 Å². The quantitative estimate of drug-likeness (QED) is 0.627. The van der Waals surface area contributed by atoms with Gasteiger partial charge < -0.3 is 9.64 Å². The van der Waals surface area contributed by atoms with Gasteiger partial charge in [-0.3, -0.25) is 10.1 Å². The van der Waals surface area contributed by atoms with Crippen LogP contribution in [0.2, 0.25) is 0 Å². The van der Waals surface area contributed by atoms with Crippen molar-refractivity contribution in [2.75, 3.05) is 19.8 Å². The van der Waals surface area contributed by atoms with E-state index in [1.54, 1.807) is 0 Å². The zero-order chi connectivity index (χ0) is 15.0. The molecule has 1 aliphatic rings. The molecule has 1 amide bonds. The molecule has 118 valence electrons. The van der Waals surface area contributed by atoms with Crippen LogP contribution >= 0.6 is 0 Å². The lowest BCUT2D eigenvalue weighted by Gasteiger charge is -2.25. The van der Waals surface area contributed by atoms with Gasteiger partial charge in [0.15, 0.2) is 0 Å². The Balaban J connectivity index is 2.36. The predicted octanol–water partition coefficient (Wildman–Crippen LogP) is 2.78. The van der Waals surface area contributed by atoms with Gasteiger partial charge in [0.05, 0.1) is 12.2 Å². The fraction of sp³-hybridized carbons (Fsp3) is 0.938. The van der Waals surface area contributed by atoms with Crippen LogP contribution in [0.15, 0.2) is 0 Å². The van der Waals surface area contributed by atoms with Gasteiger partial charge in [0.25, 0.3) is 0 Å². The van der Waals surface area contributed by atoms with Crippen LogP contribution in [0.1, 0.15) is 59.8 Å². The van der Waals surface area contributed by atoms with Crippen molar-refractivity contribution in [1.82, 2.24) is 10.2 Å². The van der Waals surface area contributed by atoms with Crippen molar-refractivity contribution in [2.24, 2.45) is 5.92 Å². The molecule has 0 aliphatic carbocycles. The van der Waals surface area contributed by atoms with Crippen molar-refractivity contribution in [1.29, 1.82) is 0 Å². The van der Waals surface area contributed by atoms with E-state index in [-0.39, 0.29) is 18.1 Å². The van der Waals surface area contributed by atoms with Gasteiger partial charge in [-0.25, -0.2) is 0 Å². The first-order chi connectivity index (χ1) is 9.60. The Morgan fingerprint density at radius 1 is 1.25 bits per heavy atom. The Kier molecular flexibility index (Phi) is 8.15. The number of ether oxygens (including phenoxy) is 1. The number of rotatable bonds is 10. The first-order valence-electron chi connectivity index (χ1n) is 8.24. The smallest absolute Gasteiger partial charge is 0.241 e. The van der Waals surface area contributed by atoms with Crippen molar-refractivity contribution in [3.8, 4) is 0 Å². The summed E-state index contributed by atoms with van der Waals surface area (Å²) < 4.78 is 5.58. The third-order valence-electron chi connectivity index (χ3n) is 3.78. The number of nitrogens with zero attached hydrogens (tertiary/aromatic N) is 1. The van der Waals surface area contributed by atoms with Gasteiger partial charge in [0, 0.05) is 19.8 Å². The van der Waals surface area contributed by atoms with Gasteiger partial charge in [-0.2, -0.15) is 0 Å². The van der Waals surface area contributed by atoms with E-state index < -0.39 is 0 Å². The summed E-state index contributed by atoms with van der Waals surface area (Å²) in [6.07, 6.45) is 5.34. The number of carbonyl (C=O) groups excluding carboxylic acids is 1. The van der Waals surface area contributed by atoms with E-state index in [4.69, 9.17) is 4.74 Å². The van der Waals surface area contributed by atoms with E-state index >= 15 is 0 Å². The molecular weight excluding hydrogens is 252 g/mol. The largest absolute Gasteiger partial charge is 0.381 e. The number of hydrogen-bond donors (Lipinski definition) is 1. The molecule has 20 heavy (non-hydrogen) atoms. The molecule has 4 nitrogen and oxygen atoms in total. The molecule has 1 N–H and O–H groups in total. The van der Waals surface area contributed by atoms with Crippen LogP contribution in [0.25, 0.3) is 0 Å². The summed E-state index contributed by atoms with van der Waals surface area (Å²) >= 11 is 0. The molecule has 1 saturated heterocycles. The first kappa shape index (κ1) is 17.4. The summed E-state index contributed by atoms with van der Waals surface area (Å²) in [4.78, 5) is 14.3. The highest BCUT2D eigenvalue weighted by Crippen LogP contribution is 2.19. The maximum absolute atomic E-state index is 12.3. The highest BCUT2D eigenvalue weighted by molar-refractivity contribution is 5.84. The molecule has 0 radical (unpaired) electrons. The second-order valence-electron chi connectivity index (χ2n) is 6.12. The van der Waals surface area contributed by atoms with E-state index in [1.807, 2.05) is 4.90 Å². The number of hydrogen-bond acceptors (Lipinski definition) is 3. The monoisotopic (exact) mass is 284 g/mol. The molecule has 1 rings (SSSR count). The van der Waals surface area contributed by atoms with Crippen molar-refractivity contribution >= 4 is 5.91 Å². The predicted molar refractivity (Wildman–Crippen MR) is 82.5 cm³/mol. The Labute approximate surface area is 124 Å². The minimum atomic E-state index is 0.0137. The molecule has 0 spiro atoms. The Bertz CT molecular complexity index is 282. The molecule has 1 aliphatic heterocycles. The highest BCUT2D eigenvalue weighted by Gasteiger charge is 2.37. The van der Waals surface area contributed by atoms with Crippen molar-refractivity contribution < 1.29 is 9.53 Å². The number of nitrogens with one attached hydrogen (secondary N) is 1. The molecule has 1 heterocycles. The molecule has 0 aromatic carbocycles. The van der Waals surface area contributed by atoms with Crippen LogP contribution in [0.4, 0.5) is 0 Å². The van der Waals surface area contributed by atoms with Crippen LogP contribution in [0, 0.1) is 5.92 Å². The summed E-state index contributed by atoms with van der Waals surface area (Å²) in [7, 11) is 0. The van der Waals surface area contributed by atoms with Gasteiger partial charge >= 0.3 is 0 Å². The fourth-order valence-electron chi connectivity index (χ4n) is 2.63. The van der Waals surface area contributed by atoms with Gasteiger partial charge in [-0.05, 0) is 31.6 Å². The van der Waals surface area contributed by atoms with Crippen LogP contribution in [-0.2, 0) is 9.53 Å². The summed E-state index contributed by atoms with van der Waals surface area (Å²) in [5.74, 6) is 0.867. The minimum absolute atomic E-state index is 0.0137. The summed E-state index contributed by atoms with van der Waals surface area (Å²) in [5.41, 5.74) is 0. The van der Waals surface area contributed by atoms with Crippen LogP contribution in [-0.4, -0.2) is 42.8 Å². The van der Waals surface area contributed by atoms with Crippen LogP contribution in [0.5, 0.6) is 0 Å². The second-order valence-corrected chi connectivity index (χ2v) is 6.12. The lowest BCUT2D eigenvalue weighted by molar-refractivity contribution is -0.130. The van der Waals surface area contributed by atoms with E-state index in [9.17, 15) is 4.79 Å². The summed E-state index contributed by atoms with van der Waals surface area (Å²) in [6, 6.07) is 0.0137. The summed E-state index contributed by atoms with van der Waals surface area (Å²) in [5, 5.41) is 3.47. The molecule has 0 aromatic rings. The Hall–Kier alpha value is -0.610. The number of amides is 1. The maximum atomic E-state index is 12.3. The van der Waals surface area contributed by atoms with Crippen molar-refractivity contribution in [2.45, 2.75) is 72.0 Å². The topological polar surface area (TPSA) is 41.6 Å². The highest BCUT2D eigenvalue weighted by atomic mass is 16.5. The van der Waals surface area contributed by atoms with E-state index in [0.29, 0.717) is 5.92 Å². The number of unbranched alkanes of at least 4 members (excludes halogenated alkanes) is 1. The zero-order valence-corrected chi connectivity index (χ0v) is 13.7. The van der Waals surface area contributed by atoms with E-state index in [2.05, 4.69) is 33.0 Å². The van der Waals surface area contributed by atoms with Crippen LogP contribution < -0.4 is 5.32 Å². The van der Waals surface area contributed by atoms with Gasteiger partial charge in [-0.15, -0.1) is 0 Å². The van der Waals surface area contributed by atoms with Gasteiger partial charge in [0.2, 0.25) is 5.91 Å². The fourth-order valence-corrected chi connectivity index (χ4v) is 2.63. The number of carbonyl (C=O) groups is 1. The average molecular weight is 284 g/mol. The minimum Gasteiger partial charge on any atom is -0.381 e. The second kappa shape index (κ2) is 9.35.